The molecule has 0 fully saturated rings. The summed E-state index contributed by atoms with van der Waals surface area (Å²) in [6.45, 7) is 0. The number of anilines is 1. The van der Waals surface area contributed by atoms with Gasteiger partial charge in [0.25, 0.3) is 0 Å². The number of benzene rings is 1. The fourth-order valence-electron chi connectivity index (χ4n) is 1.61. The second-order valence-electron chi connectivity index (χ2n) is 4.09. The van der Waals surface area contributed by atoms with Gasteiger partial charge in [-0.05, 0) is 24.3 Å². The van der Waals surface area contributed by atoms with Crippen molar-refractivity contribution < 1.29 is 0 Å². The summed E-state index contributed by atoms with van der Waals surface area (Å²) in [5, 5.41) is 9.04. The molecule has 0 aliphatic carbocycles. The molecule has 0 radical (unpaired) electrons. The smallest absolute Gasteiger partial charge is 0.147 e. The molecule has 0 atom stereocenters. The van der Waals surface area contributed by atoms with Crippen LogP contribution in [0.1, 0.15) is 5.56 Å². The maximum Gasteiger partial charge on any atom is 0.147 e. The van der Waals surface area contributed by atoms with Gasteiger partial charge in [-0.2, -0.15) is 5.26 Å². The van der Waals surface area contributed by atoms with Crippen LogP contribution < -0.4 is 4.90 Å². The first-order valence-corrected chi connectivity index (χ1v) is 5.84. The molecule has 18 heavy (non-hydrogen) atoms. The lowest BCUT2D eigenvalue weighted by atomic mass is 10.1. The molecule has 1 heterocycles. The van der Waals surface area contributed by atoms with Crippen LogP contribution in [0.5, 0.6) is 0 Å². The van der Waals surface area contributed by atoms with Crippen LogP contribution in [0.15, 0.2) is 36.4 Å². The number of hydrogen-bond donors (Lipinski definition) is 0. The summed E-state index contributed by atoms with van der Waals surface area (Å²) in [6.07, 6.45) is 0. The number of pyridine rings is 1. The molecule has 0 aliphatic heterocycles. The summed E-state index contributed by atoms with van der Waals surface area (Å²) in [6, 6.07) is 13.5. The van der Waals surface area contributed by atoms with Crippen LogP contribution >= 0.6 is 11.6 Å². The van der Waals surface area contributed by atoms with E-state index in [4.69, 9.17) is 16.9 Å². The lowest BCUT2D eigenvalue weighted by molar-refractivity contribution is 1.13. The van der Waals surface area contributed by atoms with Crippen LogP contribution in [0, 0.1) is 11.3 Å². The zero-order chi connectivity index (χ0) is 13.1. The van der Waals surface area contributed by atoms with E-state index >= 15 is 0 Å². The lowest BCUT2D eigenvalue weighted by Crippen LogP contribution is -2.07. The van der Waals surface area contributed by atoms with Gasteiger partial charge in [0.1, 0.15) is 11.2 Å². The van der Waals surface area contributed by atoms with Gasteiger partial charge in [0.2, 0.25) is 0 Å². The highest BCUT2D eigenvalue weighted by molar-refractivity contribution is 6.30. The van der Waals surface area contributed by atoms with Gasteiger partial charge in [0.05, 0.1) is 11.3 Å². The molecule has 4 heteroatoms. The van der Waals surface area contributed by atoms with Crippen molar-refractivity contribution in [3.05, 3.63) is 47.1 Å². The topological polar surface area (TPSA) is 39.9 Å². The van der Waals surface area contributed by atoms with E-state index in [1.807, 2.05) is 49.3 Å². The van der Waals surface area contributed by atoms with Crippen molar-refractivity contribution in [2.75, 3.05) is 19.0 Å². The molecule has 0 spiro atoms. The van der Waals surface area contributed by atoms with Gasteiger partial charge in [0, 0.05) is 25.3 Å². The molecule has 0 N–H and O–H groups in total. The van der Waals surface area contributed by atoms with Gasteiger partial charge in [-0.25, -0.2) is 4.98 Å². The maximum absolute atomic E-state index is 8.80. The van der Waals surface area contributed by atoms with Crippen molar-refractivity contribution in [3.8, 4) is 17.3 Å². The average Bonchev–Trinajstić information content (AvgIpc) is 2.38. The summed E-state index contributed by atoms with van der Waals surface area (Å²) in [5.74, 6) is 0. The monoisotopic (exact) mass is 257 g/mol. The highest BCUT2D eigenvalue weighted by Gasteiger charge is 2.05. The maximum atomic E-state index is 8.80. The largest absolute Gasteiger partial charge is 0.378 e. The van der Waals surface area contributed by atoms with Crippen molar-refractivity contribution in [2.45, 2.75) is 0 Å². The first-order valence-electron chi connectivity index (χ1n) is 5.46. The predicted octanol–water partition coefficient (Wildman–Crippen LogP) is 3.34. The third-order valence-corrected chi connectivity index (χ3v) is 2.94. The van der Waals surface area contributed by atoms with E-state index in [1.165, 1.54) is 0 Å². The summed E-state index contributed by atoms with van der Waals surface area (Å²) >= 11 is 5.92. The molecule has 2 rings (SSSR count). The number of halogens is 1. The van der Waals surface area contributed by atoms with E-state index < -0.39 is 0 Å². The molecular formula is C14H12ClN3. The second kappa shape index (κ2) is 5.07. The van der Waals surface area contributed by atoms with Crippen molar-refractivity contribution in [1.82, 2.24) is 4.98 Å². The zero-order valence-corrected chi connectivity index (χ0v) is 10.9. The zero-order valence-electron chi connectivity index (χ0n) is 10.2. The number of hydrogen-bond acceptors (Lipinski definition) is 3. The minimum absolute atomic E-state index is 0.242. The Morgan fingerprint density at radius 2 is 1.78 bits per heavy atom. The van der Waals surface area contributed by atoms with E-state index in [1.54, 1.807) is 12.1 Å². The molecule has 3 nitrogen and oxygen atoms in total. The van der Waals surface area contributed by atoms with Gasteiger partial charge >= 0.3 is 0 Å². The Bertz CT molecular complexity index is 597. The summed E-state index contributed by atoms with van der Waals surface area (Å²) in [7, 11) is 3.98. The van der Waals surface area contributed by atoms with Crippen LogP contribution in [0.4, 0.5) is 5.69 Å². The van der Waals surface area contributed by atoms with Gasteiger partial charge < -0.3 is 4.90 Å². The van der Waals surface area contributed by atoms with E-state index in [0.717, 1.165) is 16.9 Å². The van der Waals surface area contributed by atoms with E-state index in [-0.39, 0.29) is 5.15 Å². The van der Waals surface area contributed by atoms with E-state index in [9.17, 15) is 0 Å². The summed E-state index contributed by atoms with van der Waals surface area (Å²) in [5.41, 5.74) is 3.26. The minimum atomic E-state index is 0.242. The number of nitrogens with zero attached hydrogens (tertiary/aromatic N) is 3. The highest BCUT2D eigenvalue weighted by Crippen LogP contribution is 2.23. The summed E-state index contributed by atoms with van der Waals surface area (Å²) in [4.78, 5) is 6.25. The van der Waals surface area contributed by atoms with Crippen LogP contribution in [-0.4, -0.2) is 19.1 Å². The Hall–Kier alpha value is -2.05. The molecule has 0 saturated heterocycles. The Labute approximate surface area is 111 Å². The average molecular weight is 258 g/mol. The molecule has 0 saturated carbocycles. The molecule has 1 aromatic heterocycles. The van der Waals surface area contributed by atoms with Crippen LogP contribution in [0.3, 0.4) is 0 Å². The molecule has 0 aliphatic rings. The Balaban J connectivity index is 2.37. The molecular weight excluding hydrogens is 246 g/mol. The van der Waals surface area contributed by atoms with Crippen molar-refractivity contribution >= 4 is 17.3 Å². The SMILES string of the molecule is CN(C)c1ccc(-c2ccc(C#N)c(Cl)n2)cc1. The van der Waals surface area contributed by atoms with Gasteiger partial charge in [-0.3, -0.25) is 0 Å². The standard InChI is InChI=1S/C14H12ClN3/c1-18(2)12-6-3-10(4-7-12)13-8-5-11(9-16)14(15)17-13/h3-8H,1-2H3. The number of nitriles is 1. The van der Waals surface area contributed by atoms with Gasteiger partial charge in [-0.15, -0.1) is 0 Å². The first-order chi connectivity index (χ1) is 8.61. The van der Waals surface area contributed by atoms with Crippen molar-refractivity contribution in [1.29, 1.82) is 5.26 Å². The van der Waals surface area contributed by atoms with Crippen molar-refractivity contribution in [2.24, 2.45) is 0 Å². The normalized spacial score (nSPS) is 9.89. The Kier molecular flexibility index (Phi) is 3.50. The number of rotatable bonds is 2. The second-order valence-corrected chi connectivity index (χ2v) is 4.45. The predicted molar refractivity (Wildman–Crippen MR) is 73.7 cm³/mol. The summed E-state index contributed by atoms with van der Waals surface area (Å²) < 4.78 is 0. The number of aromatic nitrogens is 1. The first kappa shape index (κ1) is 12.4. The van der Waals surface area contributed by atoms with Gasteiger partial charge in [0.15, 0.2) is 0 Å². The molecule has 1 aromatic carbocycles. The molecule has 90 valence electrons. The Morgan fingerprint density at radius 3 is 2.28 bits per heavy atom. The van der Waals surface area contributed by atoms with Crippen LogP contribution in [-0.2, 0) is 0 Å². The fourth-order valence-corrected chi connectivity index (χ4v) is 1.81. The van der Waals surface area contributed by atoms with Crippen LogP contribution in [0.2, 0.25) is 5.15 Å². The van der Waals surface area contributed by atoms with E-state index in [2.05, 4.69) is 4.98 Å². The Morgan fingerprint density at radius 1 is 1.11 bits per heavy atom. The van der Waals surface area contributed by atoms with E-state index in [0.29, 0.717) is 5.56 Å². The molecule has 0 amide bonds. The lowest BCUT2D eigenvalue weighted by Gasteiger charge is -2.12. The molecule has 0 unspecified atom stereocenters. The third-order valence-electron chi connectivity index (χ3n) is 2.65. The van der Waals surface area contributed by atoms with Crippen LogP contribution in [0.25, 0.3) is 11.3 Å². The molecule has 2 aromatic rings. The third kappa shape index (κ3) is 2.44. The van der Waals surface area contributed by atoms with Crippen molar-refractivity contribution in [3.63, 3.8) is 0 Å². The minimum Gasteiger partial charge on any atom is -0.378 e. The van der Waals surface area contributed by atoms with Gasteiger partial charge in [-0.1, -0.05) is 23.7 Å². The highest BCUT2D eigenvalue weighted by atomic mass is 35.5. The quantitative estimate of drug-likeness (QED) is 0.775. The molecule has 0 bridgehead atoms. The fraction of sp³-hybridized carbons (Fsp3) is 0.143.